The average molecular weight is 641 g/mol. The quantitative estimate of drug-likeness (QED) is 0.170. The summed E-state index contributed by atoms with van der Waals surface area (Å²) in [5.41, 5.74) is 3.05. The molecule has 0 unspecified atom stereocenters. The number of anilines is 1. The first-order valence-corrected chi connectivity index (χ1v) is 12.9. The van der Waals surface area contributed by atoms with Crippen molar-refractivity contribution in [1.29, 1.82) is 5.26 Å². The molecule has 3 rings (SSSR count). The summed E-state index contributed by atoms with van der Waals surface area (Å²) in [6.07, 6.45) is 1.34. The van der Waals surface area contributed by atoms with E-state index in [4.69, 9.17) is 14.2 Å². The van der Waals surface area contributed by atoms with Crippen molar-refractivity contribution in [2.75, 3.05) is 26.1 Å². The summed E-state index contributed by atoms with van der Waals surface area (Å²) < 4.78 is 17.6. The van der Waals surface area contributed by atoms with Crippen LogP contribution in [0.3, 0.4) is 0 Å². The van der Waals surface area contributed by atoms with Crippen LogP contribution in [0.15, 0.2) is 56.8 Å². The first-order chi connectivity index (χ1) is 20.1. The Balaban J connectivity index is 1.62. The number of carbonyl (C=O) groups is 2. The van der Waals surface area contributed by atoms with E-state index in [1.807, 2.05) is 6.07 Å². The van der Waals surface area contributed by atoms with Crippen LogP contribution < -0.4 is 25.8 Å². The van der Waals surface area contributed by atoms with E-state index in [-0.39, 0.29) is 41.6 Å². The van der Waals surface area contributed by atoms with Gasteiger partial charge in [-0.2, -0.15) is 10.4 Å². The van der Waals surface area contributed by atoms with Gasteiger partial charge < -0.3 is 24.1 Å². The number of carbonyl (C=O) groups excluding carboxylic acids is 2. The van der Waals surface area contributed by atoms with Crippen molar-refractivity contribution in [1.82, 2.24) is 9.99 Å². The number of nitro groups is 1. The van der Waals surface area contributed by atoms with E-state index >= 15 is 0 Å². The molecule has 42 heavy (non-hydrogen) atoms. The molecule has 0 radical (unpaired) electrons. The third-order valence-corrected chi connectivity index (χ3v) is 6.79. The maximum Gasteiger partial charge on any atom is 0.271 e. The molecule has 0 saturated carbocycles. The lowest BCUT2D eigenvalue weighted by Crippen LogP contribution is -2.33. The van der Waals surface area contributed by atoms with E-state index in [1.165, 1.54) is 50.8 Å². The monoisotopic (exact) mass is 640 g/mol. The first kappa shape index (κ1) is 31.5. The van der Waals surface area contributed by atoms with Crippen molar-refractivity contribution < 1.29 is 28.7 Å². The Morgan fingerprint density at radius 3 is 2.62 bits per heavy atom. The number of amides is 2. The van der Waals surface area contributed by atoms with Crippen molar-refractivity contribution in [3.8, 4) is 17.6 Å². The van der Waals surface area contributed by atoms with Crippen molar-refractivity contribution >= 4 is 45.3 Å². The lowest BCUT2D eigenvalue weighted by molar-refractivity contribution is -0.384. The largest absolute Gasteiger partial charge is 0.493 e. The van der Waals surface area contributed by atoms with Gasteiger partial charge in [0.25, 0.3) is 23.1 Å². The van der Waals surface area contributed by atoms with Crippen LogP contribution in [0.5, 0.6) is 11.5 Å². The minimum Gasteiger partial charge on any atom is -0.493 e. The van der Waals surface area contributed by atoms with Crippen molar-refractivity contribution in [2.24, 2.45) is 5.10 Å². The smallest absolute Gasteiger partial charge is 0.271 e. The lowest BCUT2D eigenvalue weighted by atomic mass is 10.1. The highest BCUT2D eigenvalue weighted by Crippen LogP contribution is 2.28. The molecule has 0 bridgehead atoms. The fourth-order valence-electron chi connectivity index (χ4n) is 3.73. The van der Waals surface area contributed by atoms with Gasteiger partial charge in [-0.1, -0.05) is 6.07 Å². The van der Waals surface area contributed by atoms with E-state index in [0.29, 0.717) is 21.3 Å². The molecule has 0 atom stereocenters. The number of ether oxygens (including phenoxy) is 3. The summed E-state index contributed by atoms with van der Waals surface area (Å²) in [5.74, 6) is -0.616. The Hall–Kier alpha value is -5.07. The van der Waals surface area contributed by atoms with Gasteiger partial charge in [0, 0.05) is 40.7 Å². The maximum atomic E-state index is 12.8. The summed E-state index contributed by atoms with van der Waals surface area (Å²) in [5, 5.41) is 26.8. The second kappa shape index (κ2) is 14.5. The molecule has 2 aromatic carbocycles. The fourth-order valence-corrected chi connectivity index (χ4v) is 4.25. The van der Waals surface area contributed by atoms with Crippen LogP contribution in [0.4, 0.5) is 11.4 Å². The molecule has 218 valence electrons. The topological polar surface area (TPSA) is 187 Å². The molecular weight excluding hydrogens is 616 g/mol. The van der Waals surface area contributed by atoms with E-state index < -0.39 is 28.9 Å². The number of aromatic nitrogens is 1. The number of nitriles is 1. The molecule has 2 amide bonds. The summed E-state index contributed by atoms with van der Waals surface area (Å²) in [7, 11) is 2.85. The van der Waals surface area contributed by atoms with Gasteiger partial charge in [0.05, 0.1) is 24.9 Å². The normalized spacial score (nSPS) is 10.6. The summed E-state index contributed by atoms with van der Waals surface area (Å²) in [6.45, 7) is 0.919. The average Bonchev–Trinajstić information content (AvgIpc) is 2.97. The number of benzene rings is 2. The van der Waals surface area contributed by atoms with Gasteiger partial charge >= 0.3 is 0 Å². The molecular formula is C27H25BrN6O8. The third kappa shape index (κ3) is 7.77. The molecule has 0 saturated heterocycles. The number of hydrogen-bond donors (Lipinski definition) is 2. The Labute approximate surface area is 247 Å². The Morgan fingerprint density at radius 2 is 1.95 bits per heavy atom. The van der Waals surface area contributed by atoms with Gasteiger partial charge in [0.1, 0.15) is 18.2 Å². The predicted octanol–water partition coefficient (Wildman–Crippen LogP) is 3.02. The number of nitrogens with one attached hydrogen (secondary N) is 2. The highest BCUT2D eigenvalue weighted by Gasteiger charge is 2.19. The van der Waals surface area contributed by atoms with Crippen molar-refractivity contribution in [3.63, 3.8) is 0 Å². The zero-order chi connectivity index (χ0) is 30.8. The number of non-ortho nitro benzene ring substituents is 1. The number of methoxy groups -OCH3 is 2. The summed E-state index contributed by atoms with van der Waals surface area (Å²) in [4.78, 5) is 47.9. The number of nitrogens with zero attached hydrogens (tertiary/aromatic N) is 4. The second-order valence-electron chi connectivity index (χ2n) is 8.54. The van der Waals surface area contributed by atoms with Crippen LogP contribution >= 0.6 is 15.9 Å². The summed E-state index contributed by atoms with van der Waals surface area (Å²) in [6, 6.07) is 12.1. The molecule has 1 heterocycles. The van der Waals surface area contributed by atoms with Gasteiger partial charge in [0.2, 0.25) is 0 Å². The zero-order valence-electron chi connectivity index (χ0n) is 22.7. The molecule has 15 heteroatoms. The van der Waals surface area contributed by atoms with Gasteiger partial charge in [0.15, 0.2) is 18.1 Å². The number of hydrazone groups is 1. The van der Waals surface area contributed by atoms with Crippen LogP contribution in [0, 0.1) is 28.4 Å². The number of rotatable bonds is 12. The third-order valence-electron chi connectivity index (χ3n) is 5.74. The van der Waals surface area contributed by atoms with Gasteiger partial charge in [-0.25, -0.2) is 5.43 Å². The minimum absolute atomic E-state index is 0.0534. The van der Waals surface area contributed by atoms with Crippen molar-refractivity contribution in [2.45, 2.75) is 20.1 Å². The first-order valence-electron chi connectivity index (χ1n) is 12.1. The summed E-state index contributed by atoms with van der Waals surface area (Å²) >= 11 is 3.37. The number of hydrogen-bond acceptors (Lipinski definition) is 10. The van der Waals surface area contributed by atoms with Gasteiger partial charge in [-0.3, -0.25) is 24.5 Å². The van der Waals surface area contributed by atoms with E-state index in [2.05, 4.69) is 31.8 Å². The second-order valence-corrected chi connectivity index (χ2v) is 9.33. The molecule has 0 aliphatic carbocycles. The molecule has 0 aliphatic rings. The minimum atomic E-state index is -0.622. The van der Waals surface area contributed by atoms with Crippen molar-refractivity contribution in [3.05, 3.63) is 89.8 Å². The molecule has 2 N–H and O–H groups in total. The molecule has 14 nitrogen and oxygen atoms in total. The Bertz CT molecular complexity index is 1650. The highest BCUT2D eigenvalue weighted by atomic mass is 79.9. The molecule has 1 aromatic heterocycles. The van der Waals surface area contributed by atoms with Crippen LogP contribution in [0.1, 0.15) is 22.4 Å². The molecule has 0 fully saturated rings. The standard InChI is InChI=1S/C27H25BrN6O8/c1-16-26(28)21(14-40-2)20(11-29)27(37)33(16)13-24(35)32-30-12-17-7-8-22(23(9-17)41-3)42-15-25(36)31-18-5-4-6-19(10-18)34(38)39/h4-10,12H,13-15H2,1-3H3,(H,31,36)(H,32,35)/b30-12-. The SMILES string of the molecule is COCc1c(Br)c(C)n(CC(=O)N/N=C\c2ccc(OCC(=O)Nc3cccc([N+](=O)[O-])c3)c(OC)c2)c(=O)c1C#N. The molecule has 0 spiro atoms. The van der Waals surface area contributed by atoms with E-state index in [1.54, 1.807) is 19.1 Å². The highest BCUT2D eigenvalue weighted by molar-refractivity contribution is 9.10. The molecule has 0 aliphatic heterocycles. The maximum absolute atomic E-state index is 12.8. The van der Waals surface area contributed by atoms with Gasteiger partial charge in [-0.05, 0) is 52.7 Å². The zero-order valence-corrected chi connectivity index (χ0v) is 24.3. The predicted molar refractivity (Wildman–Crippen MR) is 155 cm³/mol. The fraction of sp³-hybridized carbons (Fsp3) is 0.222. The lowest BCUT2D eigenvalue weighted by Gasteiger charge is -2.15. The van der Waals surface area contributed by atoms with E-state index in [0.717, 1.165) is 4.57 Å². The number of pyridine rings is 1. The van der Waals surface area contributed by atoms with Crippen LogP contribution in [0.2, 0.25) is 0 Å². The Morgan fingerprint density at radius 1 is 1.19 bits per heavy atom. The van der Waals surface area contributed by atoms with Crippen LogP contribution in [0.25, 0.3) is 0 Å². The number of nitro benzene ring substituents is 1. The molecule has 3 aromatic rings. The van der Waals surface area contributed by atoms with Gasteiger partial charge in [-0.15, -0.1) is 0 Å². The van der Waals surface area contributed by atoms with Crippen LogP contribution in [-0.2, 0) is 27.5 Å². The van der Waals surface area contributed by atoms with E-state index in [9.17, 15) is 29.8 Å². The Kier molecular flexibility index (Phi) is 10.9. The van der Waals surface area contributed by atoms with Crippen LogP contribution in [-0.4, -0.2) is 48.3 Å². The number of halogens is 1.